The lowest BCUT2D eigenvalue weighted by Crippen LogP contribution is -2.60. The molecule has 26 heavy (non-hydrogen) atoms. The minimum absolute atomic E-state index is 0.0125. The van der Waals surface area contributed by atoms with E-state index < -0.39 is 9.84 Å². The molecule has 0 aliphatic carbocycles. The van der Waals surface area contributed by atoms with Gasteiger partial charge in [0.25, 0.3) is 5.91 Å². The van der Waals surface area contributed by atoms with Gasteiger partial charge in [-0.1, -0.05) is 17.7 Å². The molecule has 1 amide bonds. The van der Waals surface area contributed by atoms with E-state index in [1.54, 1.807) is 23.1 Å². The van der Waals surface area contributed by atoms with Crippen LogP contribution in [0.2, 0.25) is 0 Å². The number of phenolic OH excluding ortho intramolecular Hbond substituents is 1. The average Bonchev–Trinajstić information content (AvgIpc) is 2.87. The Morgan fingerprint density at radius 2 is 1.92 bits per heavy atom. The van der Waals surface area contributed by atoms with Gasteiger partial charge in [-0.3, -0.25) is 9.69 Å². The maximum absolute atomic E-state index is 13.0. The van der Waals surface area contributed by atoms with Crippen LogP contribution in [0.25, 0.3) is 0 Å². The molecule has 0 bridgehead atoms. The van der Waals surface area contributed by atoms with Gasteiger partial charge >= 0.3 is 0 Å². The highest BCUT2D eigenvalue weighted by Crippen LogP contribution is 2.30. The van der Waals surface area contributed by atoms with Crippen LogP contribution < -0.4 is 0 Å². The highest BCUT2D eigenvalue weighted by atomic mass is 32.2. The molecule has 0 radical (unpaired) electrons. The molecule has 142 valence electrons. The first-order valence-corrected chi connectivity index (χ1v) is 10.7. The molecule has 2 aliphatic heterocycles. The van der Waals surface area contributed by atoms with Crippen LogP contribution in [0.3, 0.4) is 0 Å². The maximum Gasteiger partial charge on any atom is 0.257 e. The van der Waals surface area contributed by atoms with Crippen molar-refractivity contribution in [2.24, 2.45) is 0 Å². The van der Waals surface area contributed by atoms with E-state index in [4.69, 9.17) is 0 Å². The monoisotopic (exact) mass is 378 g/mol. The molecule has 1 aromatic carbocycles. The van der Waals surface area contributed by atoms with Crippen molar-refractivity contribution in [2.45, 2.75) is 32.9 Å². The number of nitrogens with zero attached hydrogens (tertiary/aromatic N) is 2. The number of phenols is 1. The number of allylic oxidation sites excluding steroid dienone is 1. The number of sulfone groups is 1. The average molecular weight is 378 g/mol. The fraction of sp³-hybridized carbons (Fsp3) is 0.526. The van der Waals surface area contributed by atoms with E-state index in [-0.39, 0.29) is 40.8 Å². The summed E-state index contributed by atoms with van der Waals surface area (Å²) < 4.78 is 24.5. The summed E-state index contributed by atoms with van der Waals surface area (Å²) in [5.74, 6) is -0.282. The minimum atomic E-state index is -3.18. The molecule has 2 unspecified atom stereocenters. The van der Waals surface area contributed by atoms with Crippen LogP contribution >= 0.6 is 0 Å². The summed E-state index contributed by atoms with van der Waals surface area (Å²) in [5.41, 5.74) is 2.29. The Kier molecular flexibility index (Phi) is 5.12. The van der Waals surface area contributed by atoms with Crippen LogP contribution in [0, 0.1) is 6.92 Å². The molecular formula is C19H26N2O4S. The van der Waals surface area contributed by atoms with Crippen molar-refractivity contribution in [3.63, 3.8) is 0 Å². The number of carbonyl (C=O) groups is 1. The quantitative estimate of drug-likeness (QED) is 0.808. The lowest BCUT2D eigenvalue weighted by atomic mass is 10.0. The molecule has 2 fully saturated rings. The molecule has 2 aliphatic rings. The van der Waals surface area contributed by atoms with Gasteiger partial charge in [-0.2, -0.15) is 0 Å². The Morgan fingerprint density at radius 1 is 1.23 bits per heavy atom. The topological polar surface area (TPSA) is 77.9 Å². The highest BCUT2D eigenvalue weighted by Gasteiger charge is 2.48. The van der Waals surface area contributed by atoms with E-state index in [1.165, 1.54) is 5.57 Å². The summed E-state index contributed by atoms with van der Waals surface area (Å²) >= 11 is 0. The predicted molar refractivity (Wildman–Crippen MR) is 101 cm³/mol. The Balaban J connectivity index is 1.88. The number of hydrogen-bond donors (Lipinski definition) is 1. The van der Waals surface area contributed by atoms with E-state index in [0.29, 0.717) is 19.6 Å². The number of piperazine rings is 1. The van der Waals surface area contributed by atoms with Crippen molar-refractivity contribution in [2.75, 3.05) is 31.1 Å². The summed E-state index contributed by atoms with van der Waals surface area (Å²) in [5, 5.41) is 10.1. The number of carbonyl (C=O) groups excluding carboxylic acids is 1. The third-order valence-corrected chi connectivity index (χ3v) is 6.87. The number of amides is 1. The Bertz CT molecular complexity index is 843. The molecule has 2 heterocycles. The van der Waals surface area contributed by atoms with Gasteiger partial charge in [-0.05, 0) is 38.5 Å². The maximum atomic E-state index is 13.0. The molecule has 3 rings (SSSR count). The van der Waals surface area contributed by atoms with Gasteiger partial charge in [-0.15, -0.1) is 0 Å². The molecule has 1 aromatic rings. The second-order valence-corrected chi connectivity index (χ2v) is 9.66. The van der Waals surface area contributed by atoms with Crippen molar-refractivity contribution < 1.29 is 18.3 Å². The van der Waals surface area contributed by atoms with Crippen LogP contribution in [0.15, 0.2) is 29.8 Å². The van der Waals surface area contributed by atoms with E-state index in [2.05, 4.69) is 11.0 Å². The van der Waals surface area contributed by atoms with Crippen molar-refractivity contribution >= 4 is 15.7 Å². The third kappa shape index (κ3) is 3.78. The standard InChI is InChI=1S/C19H26N2O4S/c1-13(2)6-7-20-8-9-21(17-12-26(24,25)11-16(17)20)19(23)15-5-4-14(3)10-18(15)22/h4-6,10,16-17,22H,7-9,11-12H2,1-3H3. The fourth-order valence-corrected chi connectivity index (χ4v) is 5.79. The SMILES string of the molecule is CC(C)=CCN1CCN(C(=O)c2ccc(C)cc2O)C2CS(=O)(=O)CC21. The van der Waals surface area contributed by atoms with Crippen LogP contribution in [-0.4, -0.2) is 72.5 Å². The zero-order chi connectivity index (χ0) is 19.1. The Hall–Kier alpha value is -1.86. The predicted octanol–water partition coefficient (Wildman–Crippen LogP) is 1.59. The van der Waals surface area contributed by atoms with Crippen molar-refractivity contribution in [3.05, 3.63) is 41.0 Å². The molecule has 6 nitrogen and oxygen atoms in total. The number of hydrogen-bond acceptors (Lipinski definition) is 5. The Morgan fingerprint density at radius 3 is 2.58 bits per heavy atom. The van der Waals surface area contributed by atoms with Gasteiger partial charge in [0.15, 0.2) is 9.84 Å². The summed E-state index contributed by atoms with van der Waals surface area (Å²) in [6.45, 7) is 7.65. The zero-order valence-electron chi connectivity index (χ0n) is 15.5. The molecule has 1 N–H and O–H groups in total. The number of rotatable bonds is 3. The fourth-order valence-electron chi connectivity index (χ4n) is 3.78. The minimum Gasteiger partial charge on any atom is -0.507 e. The lowest BCUT2D eigenvalue weighted by molar-refractivity contribution is 0.0366. The number of fused-ring (bicyclic) bond motifs is 1. The van der Waals surface area contributed by atoms with Crippen molar-refractivity contribution in [1.29, 1.82) is 0 Å². The second kappa shape index (κ2) is 7.04. The first kappa shape index (κ1) is 18.9. The third-order valence-electron chi connectivity index (χ3n) is 5.17. The van der Waals surface area contributed by atoms with Gasteiger partial charge in [-0.25, -0.2) is 8.42 Å². The summed E-state index contributed by atoms with van der Waals surface area (Å²) in [6.07, 6.45) is 2.09. The second-order valence-electron chi connectivity index (χ2n) is 7.51. The molecule has 7 heteroatoms. The van der Waals surface area contributed by atoms with E-state index in [9.17, 15) is 18.3 Å². The van der Waals surface area contributed by atoms with Gasteiger partial charge in [0, 0.05) is 25.7 Å². The number of benzene rings is 1. The Labute approximate surface area is 155 Å². The normalized spacial score (nSPS) is 25.0. The number of aryl methyl sites for hydroxylation is 1. The van der Waals surface area contributed by atoms with Crippen LogP contribution in [0.4, 0.5) is 0 Å². The van der Waals surface area contributed by atoms with Crippen LogP contribution in [0.1, 0.15) is 29.8 Å². The number of aromatic hydroxyl groups is 1. The summed E-state index contributed by atoms with van der Waals surface area (Å²) in [7, 11) is -3.18. The van der Waals surface area contributed by atoms with Crippen molar-refractivity contribution in [1.82, 2.24) is 9.80 Å². The zero-order valence-corrected chi connectivity index (χ0v) is 16.3. The first-order chi connectivity index (χ1) is 12.2. The summed E-state index contributed by atoms with van der Waals surface area (Å²) in [4.78, 5) is 16.8. The first-order valence-electron chi connectivity index (χ1n) is 8.86. The molecule has 0 spiro atoms. The summed E-state index contributed by atoms with van der Waals surface area (Å²) in [6, 6.07) is 4.39. The van der Waals surface area contributed by atoms with Crippen molar-refractivity contribution in [3.8, 4) is 5.75 Å². The van der Waals surface area contributed by atoms with Gasteiger partial charge in [0.1, 0.15) is 5.75 Å². The van der Waals surface area contributed by atoms with E-state index in [0.717, 1.165) is 5.56 Å². The molecule has 2 atom stereocenters. The van der Waals surface area contributed by atoms with Crippen LogP contribution in [-0.2, 0) is 9.84 Å². The lowest BCUT2D eigenvalue weighted by Gasteiger charge is -2.43. The highest BCUT2D eigenvalue weighted by molar-refractivity contribution is 7.91. The van der Waals surface area contributed by atoms with E-state index >= 15 is 0 Å². The van der Waals surface area contributed by atoms with Gasteiger partial charge in [0.05, 0.1) is 23.1 Å². The largest absolute Gasteiger partial charge is 0.507 e. The smallest absolute Gasteiger partial charge is 0.257 e. The van der Waals surface area contributed by atoms with Gasteiger partial charge < -0.3 is 10.0 Å². The molecule has 2 saturated heterocycles. The van der Waals surface area contributed by atoms with E-state index in [1.807, 2.05) is 20.8 Å². The molecule has 0 saturated carbocycles. The molecule has 0 aromatic heterocycles. The van der Waals surface area contributed by atoms with Gasteiger partial charge in [0.2, 0.25) is 0 Å². The molecular weight excluding hydrogens is 352 g/mol. The van der Waals surface area contributed by atoms with Crippen LogP contribution in [0.5, 0.6) is 5.75 Å².